The van der Waals surface area contributed by atoms with Crippen molar-refractivity contribution in [2.45, 2.75) is 24.8 Å². The van der Waals surface area contributed by atoms with Gasteiger partial charge in [-0.1, -0.05) is 11.6 Å². The van der Waals surface area contributed by atoms with Crippen LogP contribution in [0.15, 0.2) is 23.1 Å². The molecule has 23 heavy (non-hydrogen) atoms. The summed E-state index contributed by atoms with van der Waals surface area (Å²) in [5.74, 6) is -0.375. The lowest BCUT2D eigenvalue weighted by atomic mass is 10.2. The van der Waals surface area contributed by atoms with Crippen LogP contribution in [-0.4, -0.2) is 62.8 Å². The zero-order chi connectivity index (χ0) is 17.2. The summed E-state index contributed by atoms with van der Waals surface area (Å²) in [6.07, 6.45) is 0. The number of hydrogen-bond donors (Lipinski definition) is 1. The van der Waals surface area contributed by atoms with Crippen LogP contribution in [0.25, 0.3) is 0 Å². The molecule has 1 aromatic rings. The van der Waals surface area contributed by atoms with Crippen molar-refractivity contribution in [3.63, 3.8) is 0 Å². The highest BCUT2D eigenvalue weighted by molar-refractivity contribution is 7.89. The van der Waals surface area contributed by atoms with Crippen molar-refractivity contribution < 1.29 is 13.2 Å². The van der Waals surface area contributed by atoms with E-state index in [1.54, 1.807) is 0 Å². The number of benzene rings is 1. The summed E-state index contributed by atoms with van der Waals surface area (Å²) in [6, 6.07) is 4.20. The molecule has 1 aromatic carbocycles. The molecule has 1 aliphatic rings. The first kappa shape index (κ1) is 18.2. The number of piperazine rings is 1. The van der Waals surface area contributed by atoms with E-state index in [1.165, 1.54) is 22.5 Å². The number of sulfonamides is 1. The monoisotopic (exact) mass is 359 g/mol. The van der Waals surface area contributed by atoms with E-state index in [1.807, 2.05) is 20.9 Å². The summed E-state index contributed by atoms with van der Waals surface area (Å²) in [4.78, 5) is 14.3. The molecule has 0 spiro atoms. The minimum atomic E-state index is -3.62. The van der Waals surface area contributed by atoms with Crippen LogP contribution < -0.4 is 5.32 Å². The van der Waals surface area contributed by atoms with E-state index in [0.717, 1.165) is 0 Å². The Morgan fingerprint density at radius 1 is 1.22 bits per heavy atom. The van der Waals surface area contributed by atoms with Crippen molar-refractivity contribution in [1.82, 2.24) is 14.5 Å². The van der Waals surface area contributed by atoms with Crippen molar-refractivity contribution in [3.05, 3.63) is 28.8 Å². The van der Waals surface area contributed by atoms with E-state index in [4.69, 9.17) is 11.6 Å². The maximum atomic E-state index is 12.7. The van der Waals surface area contributed by atoms with Crippen molar-refractivity contribution >= 4 is 27.5 Å². The van der Waals surface area contributed by atoms with E-state index in [0.29, 0.717) is 26.2 Å². The average molecular weight is 360 g/mol. The number of carbonyl (C=O) groups is 1. The fourth-order valence-corrected chi connectivity index (χ4v) is 4.01. The van der Waals surface area contributed by atoms with Gasteiger partial charge in [0, 0.05) is 32.2 Å². The third-order valence-electron chi connectivity index (χ3n) is 3.70. The lowest BCUT2D eigenvalue weighted by Gasteiger charge is -2.31. The fraction of sp³-hybridized carbons (Fsp3) is 0.533. The molecule has 6 nitrogen and oxygen atoms in total. The normalized spacial score (nSPS) is 17.4. The lowest BCUT2D eigenvalue weighted by molar-refractivity contribution is 0.0943. The van der Waals surface area contributed by atoms with Crippen LogP contribution in [-0.2, 0) is 10.0 Å². The molecule has 128 valence electrons. The zero-order valence-corrected chi connectivity index (χ0v) is 15.1. The predicted octanol–water partition coefficient (Wildman–Crippen LogP) is 1.41. The molecule has 1 aliphatic heterocycles. The van der Waals surface area contributed by atoms with Gasteiger partial charge in [0.2, 0.25) is 10.0 Å². The summed E-state index contributed by atoms with van der Waals surface area (Å²) in [5.41, 5.74) is 0.176. The zero-order valence-electron chi connectivity index (χ0n) is 13.5. The largest absolute Gasteiger partial charge is 0.350 e. The van der Waals surface area contributed by atoms with Gasteiger partial charge in [-0.25, -0.2) is 8.42 Å². The van der Waals surface area contributed by atoms with Crippen LogP contribution in [0.1, 0.15) is 24.2 Å². The van der Waals surface area contributed by atoms with Gasteiger partial charge in [0.1, 0.15) is 0 Å². The van der Waals surface area contributed by atoms with Crippen molar-refractivity contribution in [1.29, 1.82) is 0 Å². The Kier molecular flexibility index (Phi) is 5.67. The Morgan fingerprint density at radius 2 is 1.83 bits per heavy atom. The fourth-order valence-electron chi connectivity index (χ4n) is 2.36. The van der Waals surface area contributed by atoms with E-state index in [2.05, 4.69) is 10.2 Å². The standard InChI is InChI=1S/C15H22ClN3O3S/c1-11(2)17-15(20)13-10-12(4-5-14(13)16)23(21,22)19-8-6-18(3)7-9-19/h4-5,10-11H,6-9H2,1-3H3,(H,17,20). The molecule has 1 amide bonds. The Hall–Kier alpha value is -1.15. The molecule has 0 bridgehead atoms. The maximum absolute atomic E-state index is 12.7. The minimum Gasteiger partial charge on any atom is -0.350 e. The van der Waals surface area contributed by atoms with Crippen molar-refractivity contribution in [2.24, 2.45) is 0 Å². The van der Waals surface area contributed by atoms with E-state index in [-0.39, 0.29) is 27.4 Å². The number of carbonyl (C=O) groups excluding carboxylic acids is 1. The maximum Gasteiger partial charge on any atom is 0.253 e. The first-order valence-electron chi connectivity index (χ1n) is 7.51. The molecule has 8 heteroatoms. The summed E-state index contributed by atoms with van der Waals surface area (Å²) in [5, 5.41) is 2.96. The molecule has 0 aliphatic carbocycles. The smallest absolute Gasteiger partial charge is 0.253 e. The molecule has 1 N–H and O–H groups in total. The molecular weight excluding hydrogens is 338 g/mol. The highest BCUT2D eigenvalue weighted by Crippen LogP contribution is 2.23. The van der Waals surface area contributed by atoms with Crippen LogP contribution in [0.4, 0.5) is 0 Å². The summed E-state index contributed by atoms with van der Waals surface area (Å²) in [7, 11) is -1.66. The quantitative estimate of drug-likeness (QED) is 0.882. The molecule has 2 rings (SSSR count). The molecule has 0 saturated carbocycles. The summed E-state index contributed by atoms with van der Waals surface area (Å²) in [6.45, 7) is 5.91. The van der Waals surface area contributed by atoms with Crippen LogP contribution >= 0.6 is 11.6 Å². The van der Waals surface area contributed by atoms with Gasteiger partial charge < -0.3 is 10.2 Å². The second kappa shape index (κ2) is 7.17. The van der Waals surface area contributed by atoms with Crippen LogP contribution in [0.5, 0.6) is 0 Å². The Labute approximate surface area is 142 Å². The molecular formula is C15H22ClN3O3S. The second-order valence-electron chi connectivity index (χ2n) is 5.98. The Balaban J connectivity index is 2.31. The topological polar surface area (TPSA) is 69.7 Å². The molecule has 1 heterocycles. The number of nitrogens with zero attached hydrogens (tertiary/aromatic N) is 2. The van der Waals surface area contributed by atoms with Gasteiger partial charge >= 0.3 is 0 Å². The summed E-state index contributed by atoms with van der Waals surface area (Å²) < 4.78 is 26.9. The van der Waals surface area contributed by atoms with E-state index in [9.17, 15) is 13.2 Å². The highest BCUT2D eigenvalue weighted by Gasteiger charge is 2.28. The lowest BCUT2D eigenvalue weighted by Crippen LogP contribution is -2.47. The van der Waals surface area contributed by atoms with Crippen molar-refractivity contribution in [3.8, 4) is 0 Å². The van der Waals surface area contributed by atoms with Gasteiger partial charge in [-0.3, -0.25) is 4.79 Å². The molecule has 1 fully saturated rings. The van der Waals surface area contributed by atoms with Gasteiger partial charge in [-0.2, -0.15) is 4.31 Å². The van der Waals surface area contributed by atoms with Gasteiger partial charge in [-0.15, -0.1) is 0 Å². The first-order valence-corrected chi connectivity index (χ1v) is 9.32. The second-order valence-corrected chi connectivity index (χ2v) is 8.32. The molecule has 0 aromatic heterocycles. The SMILES string of the molecule is CC(C)NC(=O)c1cc(S(=O)(=O)N2CCN(C)CC2)ccc1Cl. The van der Waals surface area contributed by atoms with Crippen LogP contribution in [0, 0.1) is 0 Å². The molecule has 0 unspecified atom stereocenters. The Morgan fingerprint density at radius 3 is 2.39 bits per heavy atom. The van der Waals surface area contributed by atoms with E-state index >= 15 is 0 Å². The highest BCUT2D eigenvalue weighted by atomic mass is 35.5. The van der Waals surface area contributed by atoms with Gasteiger partial charge in [0.15, 0.2) is 0 Å². The van der Waals surface area contributed by atoms with Gasteiger partial charge in [-0.05, 0) is 39.1 Å². The van der Waals surface area contributed by atoms with Crippen LogP contribution in [0.2, 0.25) is 5.02 Å². The number of amides is 1. The molecule has 0 radical (unpaired) electrons. The third kappa shape index (κ3) is 4.23. The third-order valence-corrected chi connectivity index (χ3v) is 5.93. The van der Waals surface area contributed by atoms with Gasteiger partial charge in [0.05, 0.1) is 15.5 Å². The number of hydrogen-bond acceptors (Lipinski definition) is 4. The van der Waals surface area contributed by atoms with E-state index < -0.39 is 10.0 Å². The number of nitrogens with one attached hydrogen (secondary N) is 1. The number of likely N-dealkylation sites (N-methyl/N-ethyl adjacent to an activating group) is 1. The van der Waals surface area contributed by atoms with Gasteiger partial charge in [0.25, 0.3) is 5.91 Å². The Bertz CT molecular complexity index is 683. The first-order chi connectivity index (χ1) is 10.7. The average Bonchev–Trinajstić information content (AvgIpc) is 2.47. The predicted molar refractivity (Wildman–Crippen MR) is 90.3 cm³/mol. The van der Waals surface area contributed by atoms with Crippen molar-refractivity contribution in [2.75, 3.05) is 33.2 Å². The van der Waals surface area contributed by atoms with Crippen LogP contribution in [0.3, 0.4) is 0 Å². The summed E-state index contributed by atoms with van der Waals surface area (Å²) >= 11 is 6.05. The number of halogens is 1. The minimum absolute atomic E-state index is 0.0588. The molecule has 0 atom stereocenters. The molecule has 1 saturated heterocycles. The number of rotatable bonds is 4.